The van der Waals surface area contributed by atoms with Crippen LogP contribution in [0.2, 0.25) is 0 Å². The Morgan fingerprint density at radius 2 is 2.10 bits per heavy atom. The third-order valence-electron chi connectivity index (χ3n) is 2.99. The fraction of sp³-hybridized carbons (Fsp3) is 0.357. The molecule has 1 aliphatic rings. The van der Waals surface area contributed by atoms with Crippen LogP contribution >= 0.6 is 11.3 Å². The number of fused-ring (bicyclic) bond motifs is 1. The number of nitrogens with zero attached hydrogens (tertiary/aromatic N) is 2. The van der Waals surface area contributed by atoms with Crippen molar-refractivity contribution >= 4 is 22.4 Å². The number of hydrogen-bond acceptors (Lipinski definition) is 6. The minimum absolute atomic E-state index is 0.120. The number of ether oxygens (including phenoxy) is 2. The van der Waals surface area contributed by atoms with Gasteiger partial charge in [0.05, 0.1) is 6.42 Å². The van der Waals surface area contributed by atoms with Gasteiger partial charge in [-0.05, 0) is 24.1 Å². The maximum absolute atomic E-state index is 12.0. The molecule has 0 bridgehead atoms. The highest BCUT2D eigenvalue weighted by Gasteiger charge is 2.14. The van der Waals surface area contributed by atoms with Crippen LogP contribution in [0.1, 0.15) is 17.5 Å². The van der Waals surface area contributed by atoms with Crippen LogP contribution in [0.25, 0.3) is 0 Å². The molecule has 2 heterocycles. The lowest BCUT2D eigenvalue weighted by atomic mass is 10.1. The van der Waals surface area contributed by atoms with Crippen LogP contribution in [-0.4, -0.2) is 29.3 Å². The number of benzene rings is 1. The number of nitrogens with one attached hydrogen (secondary N) is 1. The van der Waals surface area contributed by atoms with Crippen LogP contribution in [-0.2, 0) is 17.6 Å². The largest absolute Gasteiger partial charge is 0.486 e. The van der Waals surface area contributed by atoms with E-state index in [1.165, 1.54) is 11.3 Å². The lowest BCUT2D eigenvalue weighted by molar-refractivity contribution is -0.115. The molecule has 0 fully saturated rings. The topological polar surface area (TPSA) is 73.3 Å². The first-order valence-electron chi connectivity index (χ1n) is 6.75. The molecule has 1 N–H and O–H groups in total. The quantitative estimate of drug-likeness (QED) is 0.936. The summed E-state index contributed by atoms with van der Waals surface area (Å²) < 4.78 is 11.0. The summed E-state index contributed by atoms with van der Waals surface area (Å²) in [6.45, 7) is 3.10. The van der Waals surface area contributed by atoms with Gasteiger partial charge in [0, 0.05) is 0 Å². The van der Waals surface area contributed by atoms with Gasteiger partial charge in [-0.3, -0.25) is 4.79 Å². The molecule has 21 heavy (non-hydrogen) atoms. The maximum Gasteiger partial charge on any atom is 0.230 e. The number of carbonyl (C=O) groups is 1. The predicted octanol–water partition coefficient (Wildman–Crippen LogP) is 2.05. The average molecular weight is 305 g/mol. The summed E-state index contributed by atoms with van der Waals surface area (Å²) >= 11 is 1.40. The molecule has 1 aromatic heterocycles. The Morgan fingerprint density at radius 1 is 1.29 bits per heavy atom. The lowest BCUT2D eigenvalue weighted by Gasteiger charge is -2.18. The van der Waals surface area contributed by atoms with E-state index in [9.17, 15) is 4.79 Å². The van der Waals surface area contributed by atoms with Crippen molar-refractivity contribution < 1.29 is 14.3 Å². The Morgan fingerprint density at radius 3 is 2.86 bits per heavy atom. The van der Waals surface area contributed by atoms with Gasteiger partial charge < -0.3 is 14.8 Å². The summed E-state index contributed by atoms with van der Waals surface area (Å²) in [7, 11) is 0. The lowest BCUT2D eigenvalue weighted by Crippen LogP contribution is -2.17. The molecule has 1 aromatic carbocycles. The molecule has 1 aliphatic heterocycles. The zero-order valence-corrected chi connectivity index (χ0v) is 12.4. The van der Waals surface area contributed by atoms with Crippen LogP contribution in [0.4, 0.5) is 5.13 Å². The molecule has 0 unspecified atom stereocenters. The van der Waals surface area contributed by atoms with Gasteiger partial charge in [-0.25, -0.2) is 0 Å². The molecular formula is C14H15N3O3S. The summed E-state index contributed by atoms with van der Waals surface area (Å²) in [4.78, 5) is 12.0. The van der Waals surface area contributed by atoms with Crippen molar-refractivity contribution in [3.63, 3.8) is 0 Å². The Balaban J connectivity index is 1.64. The first-order chi connectivity index (χ1) is 10.2. The number of aromatic nitrogens is 2. The standard InChI is InChI=1S/C14H15N3O3S/c1-2-13-16-17-14(21-13)15-12(18)8-9-3-4-10-11(7-9)20-6-5-19-10/h3-4,7H,2,5-6,8H2,1H3,(H,15,17,18). The summed E-state index contributed by atoms with van der Waals surface area (Å²) in [6, 6.07) is 5.54. The fourth-order valence-corrected chi connectivity index (χ4v) is 2.69. The van der Waals surface area contributed by atoms with Gasteiger partial charge in [-0.2, -0.15) is 0 Å². The Kier molecular flexibility index (Phi) is 4.01. The minimum Gasteiger partial charge on any atom is -0.486 e. The fourth-order valence-electron chi connectivity index (χ4n) is 1.99. The monoisotopic (exact) mass is 305 g/mol. The van der Waals surface area contributed by atoms with E-state index in [4.69, 9.17) is 9.47 Å². The molecule has 0 saturated carbocycles. The molecule has 7 heteroatoms. The summed E-state index contributed by atoms with van der Waals surface area (Å²) in [5.41, 5.74) is 0.872. The van der Waals surface area contributed by atoms with Crippen molar-refractivity contribution in [2.24, 2.45) is 0 Å². The van der Waals surface area contributed by atoms with Crippen LogP contribution in [0, 0.1) is 0 Å². The highest BCUT2D eigenvalue weighted by molar-refractivity contribution is 7.15. The van der Waals surface area contributed by atoms with Gasteiger partial charge in [0.15, 0.2) is 11.5 Å². The van der Waals surface area contributed by atoms with Crippen LogP contribution in [0.3, 0.4) is 0 Å². The van der Waals surface area contributed by atoms with E-state index >= 15 is 0 Å². The molecule has 2 aromatic rings. The molecule has 0 aliphatic carbocycles. The molecule has 0 spiro atoms. The normalized spacial score (nSPS) is 13.0. The van der Waals surface area contributed by atoms with Crippen LogP contribution < -0.4 is 14.8 Å². The van der Waals surface area contributed by atoms with Gasteiger partial charge in [0.2, 0.25) is 11.0 Å². The summed E-state index contributed by atoms with van der Waals surface area (Å²) in [6.07, 6.45) is 1.08. The van der Waals surface area contributed by atoms with E-state index in [0.717, 1.165) is 22.7 Å². The number of anilines is 1. The van der Waals surface area contributed by atoms with E-state index in [-0.39, 0.29) is 12.3 Å². The number of carbonyl (C=O) groups excluding carboxylic acids is 1. The van der Waals surface area contributed by atoms with Crippen molar-refractivity contribution in [2.45, 2.75) is 19.8 Å². The number of rotatable bonds is 4. The smallest absolute Gasteiger partial charge is 0.230 e. The first kappa shape index (κ1) is 13.8. The highest BCUT2D eigenvalue weighted by atomic mass is 32.1. The van der Waals surface area contributed by atoms with Gasteiger partial charge >= 0.3 is 0 Å². The molecule has 0 saturated heterocycles. The molecule has 1 amide bonds. The van der Waals surface area contributed by atoms with E-state index in [1.807, 2.05) is 25.1 Å². The van der Waals surface area contributed by atoms with Crippen LogP contribution in [0.15, 0.2) is 18.2 Å². The van der Waals surface area contributed by atoms with E-state index in [0.29, 0.717) is 24.1 Å². The molecule has 0 radical (unpaired) electrons. The maximum atomic E-state index is 12.0. The third kappa shape index (κ3) is 3.30. The number of amides is 1. The van der Waals surface area contributed by atoms with Crippen molar-refractivity contribution in [1.29, 1.82) is 0 Å². The second-order valence-electron chi connectivity index (χ2n) is 4.56. The van der Waals surface area contributed by atoms with Crippen molar-refractivity contribution in [3.8, 4) is 11.5 Å². The summed E-state index contributed by atoms with van der Waals surface area (Å²) in [5.74, 6) is 1.29. The minimum atomic E-state index is -0.120. The zero-order valence-electron chi connectivity index (χ0n) is 11.6. The Labute approximate surface area is 126 Å². The van der Waals surface area contributed by atoms with E-state index < -0.39 is 0 Å². The van der Waals surface area contributed by atoms with E-state index in [1.54, 1.807) is 0 Å². The first-order valence-corrected chi connectivity index (χ1v) is 7.57. The molecular weight excluding hydrogens is 290 g/mol. The number of hydrogen-bond donors (Lipinski definition) is 1. The average Bonchev–Trinajstić information content (AvgIpc) is 2.94. The van der Waals surface area contributed by atoms with Gasteiger partial charge in [0.1, 0.15) is 18.2 Å². The second-order valence-corrected chi connectivity index (χ2v) is 5.62. The third-order valence-corrected chi connectivity index (χ3v) is 3.97. The van der Waals surface area contributed by atoms with Gasteiger partial charge in [-0.15, -0.1) is 10.2 Å². The van der Waals surface area contributed by atoms with Crippen LogP contribution in [0.5, 0.6) is 11.5 Å². The van der Waals surface area contributed by atoms with Gasteiger partial charge in [0.25, 0.3) is 0 Å². The second kappa shape index (κ2) is 6.09. The summed E-state index contributed by atoms with van der Waals surface area (Å²) in [5, 5.41) is 12.1. The highest BCUT2D eigenvalue weighted by Crippen LogP contribution is 2.30. The van der Waals surface area contributed by atoms with Crippen molar-refractivity contribution in [3.05, 3.63) is 28.8 Å². The van der Waals surface area contributed by atoms with Gasteiger partial charge in [-0.1, -0.05) is 24.3 Å². The molecule has 0 atom stereocenters. The Bertz CT molecular complexity index is 657. The van der Waals surface area contributed by atoms with E-state index in [2.05, 4.69) is 15.5 Å². The number of aryl methyl sites for hydroxylation is 1. The SMILES string of the molecule is CCc1nnc(NC(=O)Cc2ccc3c(c2)OCCO3)s1. The molecule has 6 nitrogen and oxygen atoms in total. The molecule has 3 rings (SSSR count). The molecule has 110 valence electrons. The predicted molar refractivity (Wildman–Crippen MR) is 79.1 cm³/mol. The van der Waals surface area contributed by atoms with Crippen molar-refractivity contribution in [2.75, 3.05) is 18.5 Å². The zero-order chi connectivity index (χ0) is 14.7. The Hall–Kier alpha value is -2.15. The van der Waals surface area contributed by atoms with Crippen molar-refractivity contribution in [1.82, 2.24) is 10.2 Å².